The third-order valence-electron chi connectivity index (χ3n) is 6.18. The van der Waals surface area contributed by atoms with Crippen molar-refractivity contribution < 1.29 is 9.59 Å². The monoisotopic (exact) mass is 387 g/mol. The molecular weight excluding hydrogens is 362 g/mol. The van der Waals surface area contributed by atoms with Gasteiger partial charge < -0.3 is 15.2 Å². The van der Waals surface area contributed by atoms with E-state index in [1.807, 2.05) is 36.4 Å². The Morgan fingerprint density at radius 3 is 2.76 bits per heavy atom. The van der Waals surface area contributed by atoms with Crippen molar-refractivity contribution in [3.8, 4) is 0 Å². The van der Waals surface area contributed by atoms with Crippen molar-refractivity contribution in [2.24, 2.45) is 5.92 Å². The Balaban J connectivity index is 1.61. The summed E-state index contributed by atoms with van der Waals surface area (Å²) in [5.74, 6) is 0.402. The van der Waals surface area contributed by atoms with E-state index < -0.39 is 6.04 Å². The largest absolute Gasteiger partial charge is 0.356 e. The molecule has 2 aliphatic rings. The maximum absolute atomic E-state index is 13.3. The molecule has 29 heavy (non-hydrogen) atoms. The Kier molecular flexibility index (Phi) is 4.19. The number of carbonyl (C=O) groups excluding carboxylic acids is 2. The van der Waals surface area contributed by atoms with Crippen LogP contribution in [0.1, 0.15) is 53.5 Å². The Morgan fingerprint density at radius 1 is 1.17 bits per heavy atom. The number of fused-ring (bicyclic) bond motifs is 7. The zero-order chi connectivity index (χ0) is 20.1. The van der Waals surface area contributed by atoms with Crippen LogP contribution in [-0.4, -0.2) is 34.3 Å². The zero-order valence-electron chi connectivity index (χ0n) is 16.7. The van der Waals surface area contributed by atoms with E-state index in [1.165, 1.54) is 0 Å². The minimum Gasteiger partial charge on any atom is -0.356 e. The molecule has 0 fully saturated rings. The molecule has 0 unspecified atom stereocenters. The van der Waals surface area contributed by atoms with Gasteiger partial charge in [0.1, 0.15) is 6.04 Å². The van der Waals surface area contributed by atoms with Crippen molar-refractivity contribution in [3.05, 3.63) is 70.9 Å². The molecule has 2 atom stereocenters. The number of carbonyl (C=O) groups is 2. The van der Waals surface area contributed by atoms with Crippen LogP contribution in [0.3, 0.4) is 0 Å². The minimum absolute atomic E-state index is 0.0566. The second-order valence-corrected chi connectivity index (χ2v) is 8.46. The lowest BCUT2D eigenvalue weighted by Crippen LogP contribution is -2.52. The number of rotatable bonds is 4. The van der Waals surface area contributed by atoms with Crippen molar-refractivity contribution >= 4 is 22.7 Å². The van der Waals surface area contributed by atoms with Gasteiger partial charge in [0.15, 0.2) is 0 Å². The molecule has 0 saturated carbocycles. The van der Waals surface area contributed by atoms with Crippen molar-refractivity contribution in [3.63, 3.8) is 0 Å². The topological polar surface area (TPSA) is 65.2 Å². The molecule has 2 N–H and O–H groups in total. The molecule has 148 valence electrons. The first kappa shape index (κ1) is 18.0. The average Bonchev–Trinajstić information content (AvgIpc) is 3.23. The predicted molar refractivity (Wildman–Crippen MR) is 113 cm³/mol. The summed E-state index contributed by atoms with van der Waals surface area (Å²) in [5.41, 5.74) is 4.91. The van der Waals surface area contributed by atoms with E-state index in [0.717, 1.165) is 34.1 Å². The Bertz CT molecular complexity index is 1110. The van der Waals surface area contributed by atoms with E-state index in [4.69, 9.17) is 0 Å². The summed E-state index contributed by atoms with van der Waals surface area (Å²) in [5, 5.41) is 4.21. The van der Waals surface area contributed by atoms with Crippen molar-refractivity contribution in [1.82, 2.24) is 15.2 Å². The van der Waals surface area contributed by atoms with E-state index in [2.05, 4.69) is 36.3 Å². The Hall–Kier alpha value is -3.08. The van der Waals surface area contributed by atoms with Gasteiger partial charge in [0.25, 0.3) is 5.91 Å². The van der Waals surface area contributed by atoms with Crippen LogP contribution in [0.2, 0.25) is 0 Å². The molecule has 0 spiro atoms. The third kappa shape index (κ3) is 2.76. The SMILES string of the molecule is CC(C)CCNC(=O)[C@@H]1Cc2c([nH]c3ccccc23)[C@@H]2c3ccccc3C(=O)N21. The van der Waals surface area contributed by atoms with E-state index in [9.17, 15) is 9.59 Å². The molecule has 5 heteroatoms. The van der Waals surface area contributed by atoms with Gasteiger partial charge in [-0.2, -0.15) is 0 Å². The molecule has 3 heterocycles. The van der Waals surface area contributed by atoms with Gasteiger partial charge in [0.05, 0.1) is 6.04 Å². The average molecular weight is 387 g/mol. The van der Waals surface area contributed by atoms with Crippen LogP contribution in [0.15, 0.2) is 48.5 Å². The standard InChI is InChI=1S/C24H25N3O2/c1-14(2)11-12-25-23(28)20-13-18-15-7-5-6-10-19(15)26-21(18)22-16-8-3-4-9-17(16)24(29)27(20)22/h3-10,14,20,22,26H,11-13H2,1-2H3,(H,25,28)/t20-,22-/m0/s1. The fourth-order valence-electron chi connectivity index (χ4n) is 4.74. The molecule has 2 aromatic carbocycles. The number of aromatic nitrogens is 1. The van der Waals surface area contributed by atoms with Gasteiger partial charge in [-0.05, 0) is 35.6 Å². The van der Waals surface area contributed by atoms with Crippen LogP contribution < -0.4 is 5.32 Å². The lowest BCUT2D eigenvalue weighted by Gasteiger charge is -2.37. The Morgan fingerprint density at radius 2 is 1.93 bits per heavy atom. The molecular formula is C24H25N3O2. The van der Waals surface area contributed by atoms with Crippen LogP contribution in [0.4, 0.5) is 0 Å². The summed E-state index contributed by atoms with van der Waals surface area (Å²) in [6.07, 6.45) is 1.46. The first-order chi connectivity index (χ1) is 14.1. The van der Waals surface area contributed by atoms with Crippen LogP contribution in [0, 0.1) is 5.92 Å². The summed E-state index contributed by atoms with van der Waals surface area (Å²) in [7, 11) is 0. The van der Waals surface area contributed by atoms with Gasteiger partial charge in [0.2, 0.25) is 5.91 Å². The fourth-order valence-corrected chi connectivity index (χ4v) is 4.74. The zero-order valence-corrected chi connectivity index (χ0v) is 16.7. The van der Waals surface area contributed by atoms with Crippen molar-refractivity contribution in [2.75, 3.05) is 6.54 Å². The molecule has 0 bridgehead atoms. The normalized spacial score (nSPS) is 20.0. The second kappa shape index (κ2) is 6.76. The second-order valence-electron chi connectivity index (χ2n) is 8.46. The highest BCUT2D eigenvalue weighted by Crippen LogP contribution is 2.46. The quantitative estimate of drug-likeness (QED) is 0.715. The van der Waals surface area contributed by atoms with Gasteiger partial charge in [-0.25, -0.2) is 0 Å². The molecule has 2 amide bonds. The maximum atomic E-state index is 13.3. The lowest BCUT2D eigenvalue weighted by molar-refractivity contribution is -0.126. The summed E-state index contributed by atoms with van der Waals surface area (Å²) in [6.45, 7) is 4.91. The molecule has 0 aliphatic carbocycles. The van der Waals surface area contributed by atoms with E-state index in [1.54, 1.807) is 4.90 Å². The van der Waals surface area contributed by atoms with E-state index in [0.29, 0.717) is 24.4 Å². The number of nitrogens with zero attached hydrogens (tertiary/aromatic N) is 1. The number of amides is 2. The van der Waals surface area contributed by atoms with E-state index >= 15 is 0 Å². The number of para-hydroxylation sites is 1. The van der Waals surface area contributed by atoms with Crippen molar-refractivity contribution in [1.29, 1.82) is 0 Å². The highest BCUT2D eigenvalue weighted by atomic mass is 16.2. The number of hydrogen-bond donors (Lipinski definition) is 2. The first-order valence-corrected chi connectivity index (χ1v) is 10.3. The van der Waals surface area contributed by atoms with Gasteiger partial charge in [-0.15, -0.1) is 0 Å². The summed E-state index contributed by atoms with van der Waals surface area (Å²) < 4.78 is 0. The highest BCUT2D eigenvalue weighted by molar-refractivity contribution is 6.03. The van der Waals surface area contributed by atoms with Gasteiger partial charge in [0, 0.05) is 35.1 Å². The molecule has 0 radical (unpaired) electrons. The smallest absolute Gasteiger partial charge is 0.255 e. The minimum atomic E-state index is -0.501. The van der Waals surface area contributed by atoms with Crippen LogP contribution in [-0.2, 0) is 11.2 Å². The first-order valence-electron chi connectivity index (χ1n) is 10.3. The number of nitrogens with one attached hydrogen (secondary N) is 2. The molecule has 1 aromatic heterocycles. The van der Waals surface area contributed by atoms with Crippen molar-refractivity contribution in [2.45, 2.75) is 38.8 Å². The molecule has 5 nitrogen and oxygen atoms in total. The molecule has 5 rings (SSSR count). The number of aromatic amines is 1. The number of benzene rings is 2. The summed E-state index contributed by atoms with van der Waals surface area (Å²) in [6, 6.07) is 15.2. The summed E-state index contributed by atoms with van der Waals surface area (Å²) in [4.78, 5) is 31.8. The molecule has 2 aliphatic heterocycles. The van der Waals surface area contributed by atoms with Gasteiger partial charge >= 0.3 is 0 Å². The lowest BCUT2D eigenvalue weighted by atomic mass is 9.90. The number of hydrogen-bond acceptors (Lipinski definition) is 2. The van der Waals surface area contributed by atoms with E-state index in [-0.39, 0.29) is 17.9 Å². The predicted octanol–water partition coefficient (Wildman–Crippen LogP) is 3.80. The van der Waals surface area contributed by atoms with Gasteiger partial charge in [-0.3, -0.25) is 9.59 Å². The summed E-state index contributed by atoms with van der Waals surface area (Å²) >= 11 is 0. The molecule has 3 aromatic rings. The maximum Gasteiger partial charge on any atom is 0.255 e. The number of H-pyrrole nitrogens is 1. The molecule has 0 saturated heterocycles. The van der Waals surface area contributed by atoms with Crippen LogP contribution >= 0.6 is 0 Å². The van der Waals surface area contributed by atoms with Crippen LogP contribution in [0.25, 0.3) is 10.9 Å². The van der Waals surface area contributed by atoms with Gasteiger partial charge in [-0.1, -0.05) is 50.2 Å². The third-order valence-corrected chi connectivity index (χ3v) is 6.18. The fraction of sp³-hybridized carbons (Fsp3) is 0.333. The highest BCUT2D eigenvalue weighted by Gasteiger charge is 2.48. The van der Waals surface area contributed by atoms with Crippen LogP contribution in [0.5, 0.6) is 0 Å². The Labute approximate surface area is 170 Å².